The molecule has 1 aliphatic rings. The lowest BCUT2D eigenvalue weighted by molar-refractivity contribution is -0.126. The molecule has 2 N–H and O–H groups in total. The zero-order valence-electron chi connectivity index (χ0n) is 15.1. The molecule has 3 unspecified atom stereocenters. The standard InChI is InChI=1S/C19H31N3O.ClH/c1-4-22(5-2)18(16-10-7-6-8-11-16)14-21-19(23)17-12-9-13-20-15(17)3;/h6-8,10-11,15,17-18,20H,4-5,9,12-14H2,1-3H3,(H,21,23);1H. The first-order valence-corrected chi connectivity index (χ1v) is 8.97. The van der Waals surface area contributed by atoms with Crippen molar-refractivity contribution in [3.05, 3.63) is 35.9 Å². The van der Waals surface area contributed by atoms with Gasteiger partial charge in [0.1, 0.15) is 0 Å². The molecule has 3 atom stereocenters. The van der Waals surface area contributed by atoms with Gasteiger partial charge in [0.25, 0.3) is 0 Å². The van der Waals surface area contributed by atoms with E-state index in [0.29, 0.717) is 6.54 Å². The molecule has 0 spiro atoms. The highest BCUT2D eigenvalue weighted by molar-refractivity contribution is 5.85. The number of rotatable bonds is 7. The number of halogens is 1. The second-order valence-corrected chi connectivity index (χ2v) is 6.38. The largest absolute Gasteiger partial charge is 0.354 e. The molecule has 0 saturated carbocycles. The third-order valence-corrected chi connectivity index (χ3v) is 5.01. The van der Waals surface area contributed by atoms with Gasteiger partial charge in [-0.2, -0.15) is 0 Å². The molecule has 1 saturated heterocycles. The third kappa shape index (κ3) is 5.47. The molecule has 2 rings (SSSR count). The van der Waals surface area contributed by atoms with Gasteiger partial charge in [-0.3, -0.25) is 9.69 Å². The SMILES string of the molecule is CCN(CC)C(CNC(=O)C1CCCNC1C)c1ccccc1.Cl. The molecule has 1 aromatic rings. The molecule has 0 aliphatic carbocycles. The maximum Gasteiger partial charge on any atom is 0.224 e. The second-order valence-electron chi connectivity index (χ2n) is 6.38. The van der Waals surface area contributed by atoms with Gasteiger partial charge in [0.05, 0.1) is 12.0 Å². The minimum absolute atomic E-state index is 0. The van der Waals surface area contributed by atoms with Crippen LogP contribution in [0.4, 0.5) is 0 Å². The van der Waals surface area contributed by atoms with Crippen LogP contribution in [0.25, 0.3) is 0 Å². The molecule has 0 radical (unpaired) electrons. The first kappa shape index (κ1) is 20.9. The third-order valence-electron chi connectivity index (χ3n) is 5.01. The Morgan fingerprint density at radius 3 is 2.54 bits per heavy atom. The smallest absolute Gasteiger partial charge is 0.224 e. The van der Waals surface area contributed by atoms with Crippen molar-refractivity contribution in [2.75, 3.05) is 26.2 Å². The Labute approximate surface area is 152 Å². The first-order chi connectivity index (χ1) is 11.2. The monoisotopic (exact) mass is 353 g/mol. The summed E-state index contributed by atoms with van der Waals surface area (Å²) in [5.41, 5.74) is 1.27. The van der Waals surface area contributed by atoms with Crippen molar-refractivity contribution in [2.24, 2.45) is 5.92 Å². The Kier molecular flexibility index (Phi) is 9.34. The van der Waals surface area contributed by atoms with Crippen LogP contribution in [-0.2, 0) is 4.79 Å². The second kappa shape index (κ2) is 10.7. The van der Waals surface area contributed by atoms with E-state index in [4.69, 9.17) is 0 Å². The number of amides is 1. The van der Waals surface area contributed by atoms with E-state index in [-0.39, 0.29) is 36.3 Å². The van der Waals surface area contributed by atoms with Crippen LogP contribution >= 0.6 is 12.4 Å². The van der Waals surface area contributed by atoms with Crippen molar-refractivity contribution in [2.45, 2.75) is 45.7 Å². The van der Waals surface area contributed by atoms with Gasteiger partial charge < -0.3 is 10.6 Å². The first-order valence-electron chi connectivity index (χ1n) is 8.97. The molecule has 0 bridgehead atoms. The average molecular weight is 354 g/mol. The maximum atomic E-state index is 12.6. The number of hydrogen-bond acceptors (Lipinski definition) is 3. The summed E-state index contributed by atoms with van der Waals surface area (Å²) in [6.07, 6.45) is 2.07. The van der Waals surface area contributed by atoms with Gasteiger partial charge in [-0.05, 0) is 45.0 Å². The molecule has 1 aliphatic heterocycles. The van der Waals surface area contributed by atoms with E-state index in [2.05, 4.69) is 60.6 Å². The molecule has 4 nitrogen and oxygen atoms in total. The number of carbonyl (C=O) groups excluding carboxylic acids is 1. The van der Waals surface area contributed by atoms with Crippen molar-refractivity contribution in [1.29, 1.82) is 0 Å². The number of nitrogens with one attached hydrogen (secondary N) is 2. The molecule has 0 aromatic heterocycles. The highest BCUT2D eigenvalue weighted by Gasteiger charge is 2.28. The Hall–Kier alpha value is -1.10. The minimum atomic E-state index is 0. The van der Waals surface area contributed by atoms with Crippen LogP contribution in [0.15, 0.2) is 30.3 Å². The highest BCUT2D eigenvalue weighted by atomic mass is 35.5. The highest BCUT2D eigenvalue weighted by Crippen LogP contribution is 2.21. The Bertz CT molecular complexity index is 479. The van der Waals surface area contributed by atoms with Gasteiger partial charge in [-0.1, -0.05) is 44.2 Å². The number of benzene rings is 1. The van der Waals surface area contributed by atoms with E-state index in [1.54, 1.807) is 0 Å². The molecule has 1 aromatic carbocycles. The van der Waals surface area contributed by atoms with Gasteiger partial charge in [0.2, 0.25) is 5.91 Å². The van der Waals surface area contributed by atoms with Crippen LogP contribution in [0.2, 0.25) is 0 Å². The number of hydrogen-bond donors (Lipinski definition) is 2. The van der Waals surface area contributed by atoms with E-state index in [1.165, 1.54) is 5.56 Å². The van der Waals surface area contributed by atoms with Crippen LogP contribution < -0.4 is 10.6 Å². The lowest BCUT2D eigenvalue weighted by Gasteiger charge is -2.32. The number of piperidine rings is 1. The fourth-order valence-corrected chi connectivity index (χ4v) is 3.53. The number of nitrogens with zero attached hydrogens (tertiary/aromatic N) is 1. The van der Waals surface area contributed by atoms with E-state index in [9.17, 15) is 4.79 Å². The van der Waals surface area contributed by atoms with Crippen LogP contribution in [0.5, 0.6) is 0 Å². The maximum absolute atomic E-state index is 12.6. The lowest BCUT2D eigenvalue weighted by Crippen LogP contribution is -2.48. The fourth-order valence-electron chi connectivity index (χ4n) is 3.53. The quantitative estimate of drug-likeness (QED) is 0.792. The molecule has 5 heteroatoms. The lowest BCUT2D eigenvalue weighted by atomic mass is 9.91. The van der Waals surface area contributed by atoms with E-state index >= 15 is 0 Å². The van der Waals surface area contributed by atoms with Gasteiger partial charge in [0.15, 0.2) is 0 Å². The van der Waals surface area contributed by atoms with Crippen molar-refractivity contribution < 1.29 is 4.79 Å². The molecule has 136 valence electrons. The fraction of sp³-hybridized carbons (Fsp3) is 0.632. The summed E-state index contributed by atoms with van der Waals surface area (Å²) in [4.78, 5) is 15.0. The summed E-state index contributed by atoms with van der Waals surface area (Å²) >= 11 is 0. The molecule has 1 heterocycles. The molecular formula is C19H32ClN3O. The van der Waals surface area contributed by atoms with Gasteiger partial charge in [-0.25, -0.2) is 0 Å². The zero-order chi connectivity index (χ0) is 16.7. The summed E-state index contributed by atoms with van der Waals surface area (Å²) < 4.78 is 0. The van der Waals surface area contributed by atoms with E-state index < -0.39 is 0 Å². The zero-order valence-corrected chi connectivity index (χ0v) is 15.9. The van der Waals surface area contributed by atoms with Crippen molar-refractivity contribution in [3.63, 3.8) is 0 Å². The number of carbonyl (C=O) groups is 1. The summed E-state index contributed by atoms with van der Waals surface area (Å²) in [7, 11) is 0. The van der Waals surface area contributed by atoms with Crippen molar-refractivity contribution >= 4 is 18.3 Å². The topological polar surface area (TPSA) is 44.4 Å². The van der Waals surface area contributed by atoms with Gasteiger partial charge >= 0.3 is 0 Å². The summed E-state index contributed by atoms with van der Waals surface area (Å²) in [5.74, 6) is 0.287. The van der Waals surface area contributed by atoms with Crippen molar-refractivity contribution in [3.8, 4) is 0 Å². The Morgan fingerprint density at radius 2 is 1.96 bits per heavy atom. The van der Waals surface area contributed by atoms with E-state index in [0.717, 1.165) is 32.5 Å². The van der Waals surface area contributed by atoms with Crippen LogP contribution in [0.1, 0.15) is 45.2 Å². The predicted molar refractivity (Wildman–Crippen MR) is 103 cm³/mol. The average Bonchev–Trinajstić information content (AvgIpc) is 2.59. The normalized spacial score (nSPS) is 21.8. The van der Waals surface area contributed by atoms with Crippen LogP contribution in [-0.4, -0.2) is 43.0 Å². The summed E-state index contributed by atoms with van der Waals surface area (Å²) in [6, 6.07) is 11.0. The molecule has 1 fully saturated rings. The van der Waals surface area contributed by atoms with E-state index in [1.807, 2.05) is 6.07 Å². The van der Waals surface area contributed by atoms with Crippen LogP contribution in [0.3, 0.4) is 0 Å². The summed E-state index contributed by atoms with van der Waals surface area (Å²) in [6.45, 7) is 10.1. The minimum Gasteiger partial charge on any atom is -0.354 e. The Balaban J connectivity index is 0.00000288. The molecule has 24 heavy (non-hydrogen) atoms. The molecular weight excluding hydrogens is 322 g/mol. The molecule has 1 amide bonds. The predicted octanol–water partition coefficient (Wildman–Crippen LogP) is 3.00. The van der Waals surface area contributed by atoms with Gasteiger partial charge in [-0.15, -0.1) is 12.4 Å². The van der Waals surface area contributed by atoms with Crippen LogP contribution in [0, 0.1) is 5.92 Å². The Morgan fingerprint density at radius 1 is 1.29 bits per heavy atom. The van der Waals surface area contributed by atoms with Crippen molar-refractivity contribution in [1.82, 2.24) is 15.5 Å². The summed E-state index contributed by atoms with van der Waals surface area (Å²) in [5, 5.41) is 6.62. The van der Waals surface area contributed by atoms with Gasteiger partial charge in [0, 0.05) is 12.6 Å². The number of likely N-dealkylation sites (N-methyl/N-ethyl adjacent to an activating group) is 1.